The maximum Gasteiger partial charge on any atom is 0.274 e. The van der Waals surface area contributed by atoms with Gasteiger partial charge in [0.1, 0.15) is 5.69 Å². The highest BCUT2D eigenvalue weighted by molar-refractivity contribution is 5.92. The zero-order chi connectivity index (χ0) is 21.6. The zero-order valence-corrected chi connectivity index (χ0v) is 18.6. The van der Waals surface area contributed by atoms with E-state index in [-0.39, 0.29) is 5.91 Å². The third-order valence-electron chi connectivity index (χ3n) is 6.93. The Labute approximate surface area is 185 Å². The first kappa shape index (κ1) is 21.6. The van der Waals surface area contributed by atoms with Crippen LogP contribution < -0.4 is 0 Å². The van der Waals surface area contributed by atoms with Crippen molar-refractivity contribution in [2.75, 3.05) is 26.2 Å². The van der Waals surface area contributed by atoms with Crippen LogP contribution in [0.25, 0.3) is 0 Å². The first-order valence-electron chi connectivity index (χ1n) is 11.7. The average molecular weight is 423 g/mol. The van der Waals surface area contributed by atoms with E-state index in [1.165, 1.54) is 5.56 Å². The van der Waals surface area contributed by atoms with E-state index in [1.807, 2.05) is 11.8 Å². The minimum Gasteiger partial charge on any atom is -0.343 e. The topological polar surface area (TPSA) is 69.3 Å². The Morgan fingerprint density at radius 3 is 2.26 bits per heavy atom. The number of piperidine rings is 2. The van der Waals surface area contributed by atoms with E-state index in [0.717, 1.165) is 70.4 Å². The molecule has 0 atom stereocenters. The molecule has 2 aliphatic rings. The smallest absolute Gasteiger partial charge is 0.274 e. The molecule has 2 aliphatic heterocycles. The van der Waals surface area contributed by atoms with Gasteiger partial charge in [0, 0.05) is 38.3 Å². The molecule has 2 amide bonds. The second-order valence-corrected chi connectivity index (χ2v) is 9.22. The van der Waals surface area contributed by atoms with Gasteiger partial charge in [0.05, 0.1) is 0 Å². The highest BCUT2D eigenvalue weighted by atomic mass is 16.2. The van der Waals surface area contributed by atoms with Gasteiger partial charge in [0.2, 0.25) is 5.91 Å². The number of hydrogen-bond acceptors (Lipinski definition) is 3. The Hall–Kier alpha value is -2.63. The Morgan fingerprint density at radius 2 is 1.61 bits per heavy atom. The summed E-state index contributed by atoms with van der Waals surface area (Å²) < 4.78 is 0. The SMILES string of the molecule is Cc1cc(C(=O)N2CCC(CCC(=O)N3CCC(Cc4ccccc4)CC3)CC2)n[nH]1. The molecule has 0 radical (unpaired) electrons. The van der Waals surface area contributed by atoms with Gasteiger partial charge in [-0.2, -0.15) is 5.10 Å². The molecule has 0 spiro atoms. The fraction of sp³-hybridized carbons (Fsp3) is 0.560. The summed E-state index contributed by atoms with van der Waals surface area (Å²) in [6.07, 6.45) is 6.86. The second-order valence-electron chi connectivity index (χ2n) is 9.22. The Balaban J connectivity index is 1.14. The quantitative estimate of drug-likeness (QED) is 0.769. The highest BCUT2D eigenvalue weighted by Crippen LogP contribution is 2.25. The minimum atomic E-state index is 0.0113. The molecule has 4 rings (SSSR count). The number of amides is 2. The number of benzene rings is 1. The van der Waals surface area contributed by atoms with Crippen LogP contribution in [0.3, 0.4) is 0 Å². The molecular weight excluding hydrogens is 388 g/mol. The van der Waals surface area contributed by atoms with Crippen LogP contribution in [-0.2, 0) is 11.2 Å². The molecule has 6 heteroatoms. The molecule has 1 aromatic carbocycles. The largest absolute Gasteiger partial charge is 0.343 e. The molecule has 0 saturated carbocycles. The van der Waals surface area contributed by atoms with Crippen LogP contribution in [-0.4, -0.2) is 58.0 Å². The first-order valence-corrected chi connectivity index (χ1v) is 11.7. The molecule has 1 aromatic heterocycles. The lowest BCUT2D eigenvalue weighted by Gasteiger charge is -2.34. The van der Waals surface area contributed by atoms with Crippen LogP contribution in [0.15, 0.2) is 36.4 Å². The molecule has 1 N–H and O–H groups in total. The molecule has 0 aliphatic carbocycles. The third-order valence-corrected chi connectivity index (χ3v) is 6.93. The number of aryl methyl sites for hydroxylation is 1. The van der Waals surface area contributed by atoms with Gasteiger partial charge in [-0.1, -0.05) is 30.3 Å². The van der Waals surface area contributed by atoms with Gasteiger partial charge in [0.15, 0.2) is 0 Å². The average Bonchev–Trinajstić information content (AvgIpc) is 3.25. The zero-order valence-electron chi connectivity index (χ0n) is 18.6. The van der Waals surface area contributed by atoms with Gasteiger partial charge in [-0.3, -0.25) is 14.7 Å². The number of H-pyrrole nitrogens is 1. The fourth-order valence-electron chi connectivity index (χ4n) is 4.93. The Morgan fingerprint density at radius 1 is 0.968 bits per heavy atom. The molecule has 2 aromatic rings. The summed E-state index contributed by atoms with van der Waals surface area (Å²) >= 11 is 0. The normalized spacial score (nSPS) is 18.4. The number of rotatable bonds is 6. The molecule has 3 heterocycles. The van der Waals surface area contributed by atoms with Crippen molar-refractivity contribution in [3.8, 4) is 0 Å². The molecule has 0 unspecified atom stereocenters. The fourth-order valence-corrected chi connectivity index (χ4v) is 4.93. The van der Waals surface area contributed by atoms with E-state index in [4.69, 9.17) is 0 Å². The Bertz CT molecular complexity index is 863. The summed E-state index contributed by atoms with van der Waals surface area (Å²) in [4.78, 5) is 29.2. The number of nitrogens with zero attached hydrogens (tertiary/aromatic N) is 3. The summed E-state index contributed by atoms with van der Waals surface area (Å²) in [5, 5.41) is 6.92. The van der Waals surface area contributed by atoms with Gasteiger partial charge in [-0.05, 0) is 68.9 Å². The van der Waals surface area contributed by atoms with Gasteiger partial charge in [-0.15, -0.1) is 0 Å². The number of nitrogens with one attached hydrogen (secondary N) is 1. The van der Waals surface area contributed by atoms with E-state index in [9.17, 15) is 9.59 Å². The Kier molecular flexibility index (Phi) is 7.05. The molecule has 166 valence electrons. The van der Waals surface area contributed by atoms with Crippen molar-refractivity contribution in [1.29, 1.82) is 0 Å². The number of aromatic nitrogens is 2. The standard InChI is InChI=1S/C25H34N4O2/c1-19-17-23(27-26-19)25(31)29-15-9-20(10-16-29)7-8-24(30)28-13-11-22(12-14-28)18-21-5-3-2-4-6-21/h2-6,17,20,22H,7-16,18H2,1H3,(H,26,27). The van der Waals surface area contributed by atoms with Crippen molar-refractivity contribution in [1.82, 2.24) is 20.0 Å². The van der Waals surface area contributed by atoms with Gasteiger partial charge >= 0.3 is 0 Å². The van der Waals surface area contributed by atoms with Crippen LogP contribution in [0.1, 0.15) is 60.3 Å². The van der Waals surface area contributed by atoms with Crippen molar-refractivity contribution < 1.29 is 9.59 Å². The highest BCUT2D eigenvalue weighted by Gasteiger charge is 2.27. The maximum absolute atomic E-state index is 12.7. The molecule has 6 nitrogen and oxygen atoms in total. The summed E-state index contributed by atoms with van der Waals surface area (Å²) in [5.41, 5.74) is 2.81. The number of carbonyl (C=O) groups excluding carboxylic acids is 2. The van der Waals surface area contributed by atoms with E-state index < -0.39 is 0 Å². The molecule has 2 saturated heterocycles. The van der Waals surface area contributed by atoms with Gasteiger partial charge < -0.3 is 9.80 Å². The molecule has 31 heavy (non-hydrogen) atoms. The van der Waals surface area contributed by atoms with E-state index in [1.54, 1.807) is 6.07 Å². The first-order chi connectivity index (χ1) is 15.1. The van der Waals surface area contributed by atoms with E-state index in [2.05, 4.69) is 45.4 Å². The van der Waals surface area contributed by atoms with Crippen LogP contribution in [0.5, 0.6) is 0 Å². The predicted molar refractivity (Wildman–Crippen MR) is 121 cm³/mol. The van der Waals surface area contributed by atoms with Crippen molar-refractivity contribution in [2.45, 2.75) is 51.9 Å². The van der Waals surface area contributed by atoms with Crippen molar-refractivity contribution in [3.05, 3.63) is 53.3 Å². The summed E-state index contributed by atoms with van der Waals surface area (Å²) in [7, 11) is 0. The van der Waals surface area contributed by atoms with Gasteiger partial charge in [-0.25, -0.2) is 0 Å². The van der Waals surface area contributed by atoms with Crippen LogP contribution in [0.2, 0.25) is 0 Å². The number of aromatic amines is 1. The minimum absolute atomic E-state index is 0.0113. The third kappa shape index (κ3) is 5.75. The van der Waals surface area contributed by atoms with Crippen LogP contribution in [0.4, 0.5) is 0 Å². The number of likely N-dealkylation sites (tertiary alicyclic amines) is 2. The molecule has 0 bridgehead atoms. The van der Waals surface area contributed by atoms with E-state index in [0.29, 0.717) is 29.9 Å². The summed E-state index contributed by atoms with van der Waals surface area (Å²) in [6, 6.07) is 12.5. The maximum atomic E-state index is 12.7. The number of hydrogen-bond donors (Lipinski definition) is 1. The molecular formula is C25H34N4O2. The molecule has 2 fully saturated rings. The predicted octanol–water partition coefficient (Wildman–Crippen LogP) is 3.83. The van der Waals surface area contributed by atoms with E-state index >= 15 is 0 Å². The lowest BCUT2D eigenvalue weighted by atomic mass is 9.89. The van der Waals surface area contributed by atoms with Crippen molar-refractivity contribution in [2.24, 2.45) is 11.8 Å². The second kappa shape index (κ2) is 10.1. The van der Waals surface area contributed by atoms with Crippen LogP contribution in [0, 0.1) is 18.8 Å². The lowest BCUT2D eigenvalue weighted by molar-refractivity contribution is -0.133. The lowest BCUT2D eigenvalue weighted by Crippen LogP contribution is -2.40. The van der Waals surface area contributed by atoms with Gasteiger partial charge in [0.25, 0.3) is 5.91 Å². The monoisotopic (exact) mass is 422 g/mol. The summed E-state index contributed by atoms with van der Waals surface area (Å²) in [6.45, 7) is 5.21. The van der Waals surface area contributed by atoms with Crippen molar-refractivity contribution >= 4 is 11.8 Å². The summed E-state index contributed by atoms with van der Waals surface area (Å²) in [5.74, 6) is 1.54. The van der Waals surface area contributed by atoms with Crippen molar-refractivity contribution in [3.63, 3.8) is 0 Å². The number of carbonyl (C=O) groups is 2. The van der Waals surface area contributed by atoms with Crippen LogP contribution >= 0.6 is 0 Å².